The molecule has 196 valence electrons. The molecule has 0 saturated heterocycles. The number of urea groups is 1. The van der Waals surface area contributed by atoms with Crippen LogP contribution in [0.2, 0.25) is 0 Å². The number of pyridine rings is 2. The molecule has 2 heterocycles. The summed E-state index contributed by atoms with van der Waals surface area (Å²) in [5.74, 6) is 0. The minimum atomic E-state index is -0.669. The van der Waals surface area contributed by atoms with Gasteiger partial charge < -0.3 is 19.8 Å². The number of anilines is 2. The van der Waals surface area contributed by atoms with Crippen LogP contribution in [0.1, 0.15) is 11.1 Å². The summed E-state index contributed by atoms with van der Waals surface area (Å²) in [7, 11) is 0. The molecular formula is C33H26N4O3. The van der Waals surface area contributed by atoms with Gasteiger partial charge in [-0.05, 0) is 35.4 Å². The van der Waals surface area contributed by atoms with Crippen molar-refractivity contribution < 1.29 is 4.79 Å². The largest absolute Gasteiger partial charge is 0.323 e. The smallest absolute Gasteiger partial charge is 0.303 e. The zero-order chi connectivity index (χ0) is 27.5. The number of fused-ring (bicyclic) bond motifs is 2. The molecule has 2 aromatic heterocycles. The van der Waals surface area contributed by atoms with Crippen LogP contribution in [0, 0.1) is 0 Å². The van der Waals surface area contributed by atoms with Gasteiger partial charge in [-0.2, -0.15) is 0 Å². The van der Waals surface area contributed by atoms with E-state index in [-0.39, 0.29) is 22.5 Å². The lowest BCUT2D eigenvalue weighted by Crippen LogP contribution is -2.31. The average Bonchev–Trinajstić information content (AvgIpc) is 2.98. The number of carbonyl (C=O) groups excluding carboxylic acids is 1. The van der Waals surface area contributed by atoms with Crippen LogP contribution in [0.4, 0.5) is 16.2 Å². The standard InChI is InChI=1S/C33H26N4O3/c38-31-27(19-25-15-7-9-17-29(25)36(31)21-23-11-3-1-4-12-23)34-33(40)35-28-20-26-16-8-10-18-30(26)37(32(28)39)22-24-13-5-2-6-14-24/h1-20H,21-22H2,(H2,34,35,40). The van der Waals surface area contributed by atoms with Gasteiger partial charge >= 0.3 is 6.03 Å². The number of para-hydroxylation sites is 2. The summed E-state index contributed by atoms with van der Waals surface area (Å²) in [5.41, 5.74) is 3.03. The first kappa shape index (κ1) is 24.9. The maximum Gasteiger partial charge on any atom is 0.323 e. The van der Waals surface area contributed by atoms with Crippen LogP contribution < -0.4 is 21.8 Å². The highest BCUT2D eigenvalue weighted by atomic mass is 16.2. The van der Waals surface area contributed by atoms with Crippen LogP contribution in [0.3, 0.4) is 0 Å². The van der Waals surface area contributed by atoms with Gasteiger partial charge in [0.15, 0.2) is 0 Å². The quantitative estimate of drug-likeness (QED) is 0.277. The molecule has 0 bridgehead atoms. The number of amides is 2. The van der Waals surface area contributed by atoms with Gasteiger partial charge in [-0.3, -0.25) is 9.59 Å². The van der Waals surface area contributed by atoms with Crippen molar-refractivity contribution in [1.82, 2.24) is 9.13 Å². The SMILES string of the molecule is O=C(Nc1cc2ccccc2n(Cc2ccccc2)c1=O)Nc1cc2ccccc2n(Cc2ccccc2)c1=O. The van der Waals surface area contributed by atoms with Gasteiger partial charge in [-0.1, -0.05) is 97.1 Å². The molecule has 7 heteroatoms. The fourth-order valence-corrected chi connectivity index (χ4v) is 4.96. The number of nitrogens with one attached hydrogen (secondary N) is 2. The van der Waals surface area contributed by atoms with Gasteiger partial charge in [-0.25, -0.2) is 4.79 Å². The Bertz CT molecular complexity index is 1820. The first-order valence-corrected chi connectivity index (χ1v) is 13.0. The van der Waals surface area contributed by atoms with Gasteiger partial charge in [0.2, 0.25) is 0 Å². The molecule has 0 saturated carbocycles. The molecular weight excluding hydrogens is 500 g/mol. The van der Waals surface area contributed by atoms with E-state index in [2.05, 4.69) is 10.6 Å². The fourth-order valence-electron chi connectivity index (χ4n) is 4.96. The van der Waals surface area contributed by atoms with Crippen LogP contribution in [0.25, 0.3) is 21.8 Å². The number of hydrogen-bond acceptors (Lipinski definition) is 3. The Labute approximate surface area is 230 Å². The molecule has 0 fully saturated rings. The summed E-state index contributed by atoms with van der Waals surface area (Å²) < 4.78 is 3.28. The van der Waals surface area contributed by atoms with Crippen LogP contribution in [-0.4, -0.2) is 15.2 Å². The topological polar surface area (TPSA) is 85.1 Å². The fraction of sp³-hybridized carbons (Fsp3) is 0.0606. The van der Waals surface area contributed by atoms with Crippen LogP contribution >= 0.6 is 0 Å². The third-order valence-electron chi connectivity index (χ3n) is 6.87. The van der Waals surface area contributed by atoms with Crippen LogP contribution in [-0.2, 0) is 13.1 Å². The zero-order valence-corrected chi connectivity index (χ0v) is 21.6. The molecule has 6 aromatic rings. The molecule has 0 spiro atoms. The molecule has 6 rings (SSSR count). The van der Waals surface area contributed by atoms with Gasteiger partial charge in [-0.15, -0.1) is 0 Å². The van der Waals surface area contributed by atoms with Crippen molar-refractivity contribution in [3.63, 3.8) is 0 Å². The minimum Gasteiger partial charge on any atom is -0.303 e. The second-order valence-electron chi connectivity index (χ2n) is 9.57. The Hall–Kier alpha value is -5.43. The zero-order valence-electron chi connectivity index (χ0n) is 21.6. The van der Waals surface area contributed by atoms with Crippen molar-refractivity contribution >= 4 is 39.2 Å². The van der Waals surface area contributed by atoms with E-state index in [1.54, 1.807) is 21.3 Å². The normalized spacial score (nSPS) is 11.0. The highest BCUT2D eigenvalue weighted by Crippen LogP contribution is 2.19. The highest BCUT2D eigenvalue weighted by molar-refractivity contribution is 6.01. The lowest BCUT2D eigenvalue weighted by atomic mass is 10.1. The Morgan fingerprint density at radius 2 is 0.900 bits per heavy atom. The molecule has 2 amide bonds. The maximum absolute atomic E-state index is 13.5. The number of benzene rings is 4. The highest BCUT2D eigenvalue weighted by Gasteiger charge is 2.15. The lowest BCUT2D eigenvalue weighted by molar-refractivity contribution is 0.262. The van der Waals surface area contributed by atoms with Crippen LogP contribution in [0.15, 0.2) is 131 Å². The second kappa shape index (κ2) is 10.7. The van der Waals surface area contributed by atoms with Crippen molar-refractivity contribution in [2.75, 3.05) is 10.6 Å². The van der Waals surface area contributed by atoms with Crippen molar-refractivity contribution in [2.45, 2.75) is 13.1 Å². The van der Waals surface area contributed by atoms with E-state index in [1.165, 1.54) is 0 Å². The summed E-state index contributed by atoms with van der Waals surface area (Å²) in [4.78, 5) is 40.2. The Morgan fingerprint density at radius 3 is 1.32 bits per heavy atom. The van der Waals surface area contributed by atoms with Crippen molar-refractivity contribution in [1.29, 1.82) is 0 Å². The summed E-state index contributed by atoms with van der Waals surface area (Å²) in [5, 5.41) is 7.00. The van der Waals surface area contributed by atoms with Gasteiger partial charge in [0.05, 0.1) is 24.1 Å². The number of rotatable bonds is 6. The van der Waals surface area contributed by atoms with E-state index in [9.17, 15) is 14.4 Å². The number of carbonyl (C=O) groups is 1. The predicted molar refractivity (Wildman–Crippen MR) is 160 cm³/mol. The molecule has 7 nitrogen and oxygen atoms in total. The maximum atomic E-state index is 13.5. The molecule has 0 aliphatic carbocycles. The molecule has 0 aliphatic rings. The molecule has 4 aromatic carbocycles. The Kier molecular flexibility index (Phi) is 6.68. The second-order valence-corrected chi connectivity index (χ2v) is 9.57. The van der Waals surface area contributed by atoms with Gasteiger partial charge in [0, 0.05) is 10.8 Å². The predicted octanol–water partition coefficient (Wildman–Crippen LogP) is 6.06. The number of aromatic nitrogens is 2. The third-order valence-corrected chi connectivity index (χ3v) is 6.87. The summed E-state index contributed by atoms with van der Waals surface area (Å²) >= 11 is 0. The average molecular weight is 527 g/mol. The molecule has 0 atom stereocenters. The Balaban J connectivity index is 1.34. The molecule has 40 heavy (non-hydrogen) atoms. The van der Waals surface area contributed by atoms with Crippen molar-refractivity contribution in [3.8, 4) is 0 Å². The molecule has 2 N–H and O–H groups in total. The van der Waals surface area contributed by atoms with Crippen molar-refractivity contribution in [2.24, 2.45) is 0 Å². The van der Waals surface area contributed by atoms with E-state index in [0.717, 1.165) is 32.9 Å². The first-order valence-electron chi connectivity index (χ1n) is 13.0. The summed E-state index contributed by atoms with van der Waals surface area (Å²) in [6.45, 7) is 0.707. The molecule has 0 radical (unpaired) electrons. The van der Waals surface area contributed by atoms with Crippen molar-refractivity contribution in [3.05, 3.63) is 153 Å². The van der Waals surface area contributed by atoms with Crippen LogP contribution in [0.5, 0.6) is 0 Å². The summed E-state index contributed by atoms with van der Waals surface area (Å²) in [6, 6.07) is 37.1. The van der Waals surface area contributed by atoms with E-state index in [0.29, 0.717) is 13.1 Å². The number of hydrogen-bond donors (Lipinski definition) is 2. The number of nitrogens with zero attached hydrogens (tertiary/aromatic N) is 2. The monoisotopic (exact) mass is 526 g/mol. The van der Waals surface area contributed by atoms with Gasteiger partial charge in [0.25, 0.3) is 11.1 Å². The molecule has 0 aliphatic heterocycles. The Morgan fingerprint density at radius 1 is 0.525 bits per heavy atom. The van der Waals surface area contributed by atoms with E-state index >= 15 is 0 Å². The molecule has 0 unspecified atom stereocenters. The van der Waals surface area contributed by atoms with E-state index < -0.39 is 6.03 Å². The first-order chi connectivity index (χ1) is 19.6. The lowest BCUT2D eigenvalue weighted by Gasteiger charge is -2.15. The van der Waals surface area contributed by atoms with Gasteiger partial charge in [0.1, 0.15) is 11.4 Å². The van der Waals surface area contributed by atoms with E-state index in [1.807, 2.05) is 109 Å². The van der Waals surface area contributed by atoms with E-state index in [4.69, 9.17) is 0 Å². The third kappa shape index (κ3) is 5.00. The minimum absolute atomic E-state index is 0.123. The summed E-state index contributed by atoms with van der Waals surface area (Å²) in [6.07, 6.45) is 0.